The largest absolute Gasteiger partial charge is 0.361 e. The lowest BCUT2D eigenvalue weighted by molar-refractivity contribution is -0.130. The van der Waals surface area contributed by atoms with Gasteiger partial charge in [-0.25, -0.2) is 0 Å². The van der Waals surface area contributed by atoms with Crippen LogP contribution in [0.5, 0.6) is 0 Å². The number of para-hydroxylation sites is 1. The topological polar surface area (TPSA) is 36.1 Å². The maximum atomic E-state index is 13.0. The van der Waals surface area contributed by atoms with Crippen molar-refractivity contribution in [3.63, 3.8) is 0 Å². The van der Waals surface area contributed by atoms with Crippen molar-refractivity contribution in [2.24, 2.45) is 5.92 Å². The normalized spacial score (nSPS) is 20.0. The van der Waals surface area contributed by atoms with Gasteiger partial charge in [-0.15, -0.1) is 0 Å². The van der Waals surface area contributed by atoms with Gasteiger partial charge in [-0.1, -0.05) is 44.4 Å². The molecular weight excluding hydrogens is 320 g/mol. The zero-order valence-corrected chi connectivity index (χ0v) is 16.1. The van der Waals surface area contributed by atoms with E-state index in [-0.39, 0.29) is 0 Å². The molecular formula is C23H32N2O. The van der Waals surface area contributed by atoms with E-state index >= 15 is 0 Å². The number of benzene rings is 1. The van der Waals surface area contributed by atoms with Crippen LogP contribution in [0.4, 0.5) is 0 Å². The van der Waals surface area contributed by atoms with E-state index in [0.717, 1.165) is 19.5 Å². The number of fused-ring (bicyclic) bond motifs is 1. The van der Waals surface area contributed by atoms with E-state index < -0.39 is 0 Å². The maximum absolute atomic E-state index is 13.0. The number of nitrogens with one attached hydrogen (secondary N) is 1. The maximum Gasteiger partial charge on any atom is 0.223 e. The average molecular weight is 353 g/mol. The molecule has 1 N–H and O–H groups in total. The Labute approximate surface area is 157 Å². The van der Waals surface area contributed by atoms with Crippen LogP contribution >= 0.6 is 0 Å². The number of aryl methyl sites for hydroxylation is 1. The van der Waals surface area contributed by atoms with Crippen molar-refractivity contribution < 1.29 is 4.79 Å². The molecule has 2 heterocycles. The van der Waals surface area contributed by atoms with Gasteiger partial charge < -0.3 is 9.88 Å². The van der Waals surface area contributed by atoms with Crippen molar-refractivity contribution in [2.45, 2.75) is 70.6 Å². The molecule has 140 valence electrons. The van der Waals surface area contributed by atoms with Crippen LogP contribution in [0.1, 0.15) is 75.3 Å². The molecule has 1 saturated carbocycles. The number of carbonyl (C=O) groups excluding carboxylic acids is 1. The second-order valence-corrected chi connectivity index (χ2v) is 8.23. The number of hydrogen-bond acceptors (Lipinski definition) is 1. The van der Waals surface area contributed by atoms with Gasteiger partial charge in [0.15, 0.2) is 0 Å². The average Bonchev–Trinajstić information content (AvgIpc) is 3.36. The summed E-state index contributed by atoms with van der Waals surface area (Å²) in [6.07, 6.45) is 12.8. The summed E-state index contributed by atoms with van der Waals surface area (Å²) in [4.78, 5) is 18.6. The highest BCUT2D eigenvalue weighted by Gasteiger charge is 2.31. The number of nitrogens with zero attached hydrogens (tertiary/aromatic N) is 1. The van der Waals surface area contributed by atoms with Gasteiger partial charge in [-0.05, 0) is 55.1 Å². The molecule has 1 aromatic heterocycles. The lowest BCUT2D eigenvalue weighted by Crippen LogP contribution is -2.31. The number of rotatable bonds is 5. The molecule has 2 aromatic rings. The fraction of sp³-hybridized carbons (Fsp3) is 0.609. The first-order valence-corrected chi connectivity index (χ1v) is 10.6. The second kappa shape index (κ2) is 7.85. The number of hydrogen-bond donors (Lipinski definition) is 1. The van der Waals surface area contributed by atoms with Crippen LogP contribution in [0.25, 0.3) is 10.9 Å². The van der Waals surface area contributed by atoms with Gasteiger partial charge in [-0.2, -0.15) is 0 Å². The number of H-pyrrole nitrogens is 1. The van der Waals surface area contributed by atoms with Crippen LogP contribution in [0.2, 0.25) is 0 Å². The summed E-state index contributed by atoms with van der Waals surface area (Å²) in [6, 6.07) is 6.64. The molecule has 26 heavy (non-hydrogen) atoms. The van der Waals surface area contributed by atoms with Gasteiger partial charge >= 0.3 is 0 Å². The van der Waals surface area contributed by atoms with Crippen molar-refractivity contribution >= 4 is 16.8 Å². The van der Waals surface area contributed by atoms with Crippen LogP contribution in [0.3, 0.4) is 0 Å². The summed E-state index contributed by atoms with van der Waals surface area (Å²) in [7, 11) is 0. The number of aromatic amines is 1. The molecule has 2 aliphatic rings. The van der Waals surface area contributed by atoms with Crippen LogP contribution in [-0.4, -0.2) is 28.9 Å². The van der Waals surface area contributed by atoms with Gasteiger partial charge in [-0.3, -0.25) is 4.79 Å². The van der Waals surface area contributed by atoms with Gasteiger partial charge in [0, 0.05) is 36.6 Å². The quantitative estimate of drug-likeness (QED) is 0.767. The van der Waals surface area contributed by atoms with Crippen molar-refractivity contribution in [3.05, 3.63) is 35.5 Å². The van der Waals surface area contributed by atoms with Crippen LogP contribution in [0, 0.1) is 5.92 Å². The lowest BCUT2D eigenvalue weighted by atomic mass is 9.75. The zero-order valence-electron chi connectivity index (χ0n) is 16.1. The Hall–Kier alpha value is -1.77. The van der Waals surface area contributed by atoms with Gasteiger partial charge in [0.05, 0.1) is 0 Å². The van der Waals surface area contributed by atoms with Crippen molar-refractivity contribution in [1.82, 2.24) is 9.88 Å². The van der Waals surface area contributed by atoms with E-state index in [1.54, 1.807) is 0 Å². The van der Waals surface area contributed by atoms with Crippen molar-refractivity contribution in [2.75, 3.05) is 13.1 Å². The Morgan fingerprint density at radius 2 is 1.92 bits per heavy atom. The van der Waals surface area contributed by atoms with Crippen LogP contribution in [0.15, 0.2) is 24.4 Å². The van der Waals surface area contributed by atoms with E-state index in [4.69, 9.17) is 0 Å². The molecule has 1 aromatic carbocycles. The zero-order chi connectivity index (χ0) is 17.9. The molecule has 1 unspecified atom stereocenters. The number of likely N-dealkylation sites (tertiary alicyclic amines) is 1. The number of carbonyl (C=O) groups is 1. The summed E-state index contributed by atoms with van der Waals surface area (Å²) in [5, 5.41) is 1.34. The predicted octanol–water partition coefficient (Wildman–Crippen LogP) is 5.41. The molecule has 4 rings (SSSR count). The third-order valence-electron chi connectivity index (χ3n) is 6.69. The summed E-state index contributed by atoms with van der Waals surface area (Å²) in [6.45, 7) is 4.14. The van der Waals surface area contributed by atoms with E-state index in [1.807, 2.05) is 0 Å². The smallest absolute Gasteiger partial charge is 0.223 e. The predicted molar refractivity (Wildman–Crippen MR) is 107 cm³/mol. The van der Waals surface area contributed by atoms with E-state index in [0.29, 0.717) is 24.2 Å². The summed E-state index contributed by atoms with van der Waals surface area (Å²) in [5.41, 5.74) is 4.04. The van der Waals surface area contributed by atoms with E-state index in [1.165, 1.54) is 67.0 Å². The van der Waals surface area contributed by atoms with E-state index in [9.17, 15) is 4.79 Å². The van der Waals surface area contributed by atoms with E-state index in [2.05, 4.69) is 41.2 Å². The first kappa shape index (κ1) is 17.6. The Bertz CT molecular complexity index is 751. The summed E-state index contributed by atoms with van der Waals surface area (Å²) < 4.78 is 0. The molecule has 3 heteroatoms. The number of amides is 1. The van der Waals surface area contributed by atoms with Gasteiger partial charge in [0.2, 0.25) is 5.91 Å². The highest BCUT2D eigenvalue weighted by atomic mass is 16.2. The highest BCUT2D eigenvalue weighted by molar-refractivity contribution is 5.87. The Balaban J connectivity index is 1.67. The minimum Gasteiger partial charge on any atom is -0.361 e. The Morgan fingerprint density at radius 3 is 2.65 bits per heavy atom. The Morgan fingerprint density at radius 1 is 1.15 bits per heavy atom. The van der Waals surface area contributed by atoms with Crippen molar-refractivity contribution in [1.29, 1.82) is 0 Å². The molecule has 1 atom stereocenters. The molecule has 0 spiro atoms. The standard InChI is InChI=1S/C23H32N2O/c1-2-17-11-8-12-19-21(16-24-23(17)19)20(18-9-4-3-5-10-18)15-22(26)25-13-6-7-14-25/h8,11-12,16,18,20,24H,2-7,9-10,13-15H2,1H3. The first-order chi connectivity index (χ1) is 12.8. The minimum atomic E-state index is 0.365. The van der Waals surface area contributed by atoms with Crippen LogP contribution in [-0.2, 0) is 11.2 Å². The molecule has 0 bridgehead atoms. The van der Waals surface area contributed by atoms with Gasteiger partial charge in [0.25, 0.3) is 0 Å². The highest BCUT2D eigenvalue weighted by Crippen LogP contribution is 2.41. The molecule has 1 aliphatic carbocycles. The van der Waals surface area contributed by atoms with Crippen LogP contribution < -0.4 is 0 Å². The minimum absolute atomic E-state index is 0.365. The fourth-order valence-corrected chi connectivity index (χ4v) is 5.19. The third-order valence-corrected chi connectivity index (χ3v) is 6.69. The molecule has 3 nitrogen and oxygen atoms in total. The lowest BCUT2D eigenvalue weighted by Gasteiger charge is -2.31. The summed E-state index contributed by atoms with van der Waals surface area (Å²) in [5.74, 6) is 1.39. The molecule has 1 aliphatic heterocycles. The first-order valence-electron chi connectivity index (χ1n) is 10.6. The second-order valence-electron chi connectivity index (χ2n) is 8.23. The number of aromatic nitrogens is 1. The van der Waals surface area contributed by atoms with Gasteiger partial charge in [0.1, 0.15) is 0 Å². The SMILES string of the molecule is CCc1cccc2c(C(CC(=O)N3CCCC3)C3CCCCC3)c[nH]c12. The van der Waals surface area contributed by atoms with Crippen molar-refractivity contribution in [3.8, 4) is 0 Å². The molecule has 2 fully saturated rings. The third kappa shape index (κ3) is 3.41. The molecule has 1 saturated heterocycles. The molecule has 0 radical (unpaired) electrons. The Kier molecular flexibility index (Phi) is 5.33. The monoisotopic (exact) mass is 352 g/mol. The summed E-state index contributed by atoms with van der Waals surface area (Å²) >= 11 is 0. The fourth-order valence-electron chi connectivity index (χ4n) is 5.19. The molecule has 1 amide bonds.